The molecule has 0 saturated heterocycles. The van der Waals surface area contributed by atoms with E-state index in [1.165, 1.54) is 5.56 Å². The van der Waals surface area contributed by atoms with Gasteiger partial charge in [0.15, 0.2) is 0 Å². The van der Waals surface area contributed by atoms with Gasteiger partial charge in [-0.05, 0) is 53.5 Å². The molecule has 0 aliphatic heterocycles. The van der Waals surface area contributed by atoms with E-state index in [4.69, 9.17) is 0 Å². The Balaban J connectivity index is 2.12. The van der Waals surface area contributed by atoms with E-state index in [2.05, 4.69) is 58.6 Å². The van der Waals surface area contributed by atoms with Gasteiger partial charge in [-0.3, -0.25) is 4.21 Å². The first-order valence-electron chi connectivity index (χ1n) is 10.5. The van der Waals surface area contributed by atoms with Gasteiger partial charge in [-0.15, -0.1) is 0 Å². The molecule has 2 aromatic rings. The van der Waals surface area contributed by atoms with Gasteiger partial charge in [-0.1, -0.05) is 64.1 Å². The Labute approximate surface area is 182 Å². The van der Waals surface area contributed by atoms with Crippen molar-refractivity contribution in [3.05, 3.63) is 47.5 Å². The fourth-order valence-electron chi connectivity index (χ4n) is 2.97. The smallest absolute Gasteiger partial charge is 0.213 e. The third kappa shape index (κ3) is 6.30. The molecule has 0 heterocycles. The average molecular weight is 453 g/mol. The number of benzene rings is 2. The molecule has 30 heavy (non-hydrogen) atoms. The predicted octanol–water partition coefficient (Wildman–Crippen LogP) is 4.00. The highest BCUT2D eigenvalue weighted by molar-refractivity contribution is 7.99. The molecule has 0 spiro atoms. The third-order valence-electron chi connectivity index (χ3n) is 5.63. The minimum absolute atomic E-state index is 0.00766. The van der Waals surface area contributed by atoms with Crippen molar-refractivity contribution in [2.24, 2.45) is 0 Å². The minimum Gasteiger partial charge on any atom is -0.253 e. The van der Waals surface area contributed by atoms with Crippen molar-refractivity contribution >= 4 is 36.4 Å². The van der Waals surface area contributed by atoms with E-state index in [-0.39, 0.29) is 17.1 Å². The molecule has 168 valence electrons. The molecule has 0 bridgehead atoms. The van der Waals surface area contributed by atoms with Crippen LogP contribution in [0.2, 0.25) is 0 Å². The summed E-state index contributed by atoms with van der Waals surface area (Å²) in [7, 11) is -5.54. The highest BCUT2D eigenvalue weighted by atomic mass is 32.2. The number of fused-ring (bicyclic) bond motifs is 1. The molecule has 0 fully saturated rings. The summed E-state index contributed by atoms with van der Waals surface area (Å²) in [6.45, 7) is 12.3. The lowest BCUT2D eigenvalue weighted by Gasteiger charge is -2.19. The van der Waals surface area contributed by atoms with Crippen LogP contribution in [0.3, 0.4) is 0 Å². The number of hydrogen-bond donors (Lipinski definition) is 2. The van der Waals surface area contributed by atoms with E-state index in [0.717, 1.165) is 16.3 Å². The first-order chi connectivity index (χ1) is 13.8. The molecule has 7 heteroatoms. The van der Waals surface area contributed by atoms with Crippen LogP contribution in [-0.4, -0.2) is 42.1 Å². The minimum atomic E-state index is -3.26. The normalized spacial score (nSPS) is 16.7. The molecule has 0 amide bonds. The van der Waals surface area contributed by atoms with E-state index in [9.17, 15) is 12.6 Å². The topological polar surface area (TPSA) is 75.3 Å². The average Bonchev–Trinajstić information content (AvgIpc) is 2.69. The zero-order valence-electron chi connectivity index (χ0n) is 18.9. The highest BCUT2D eigenvalue weighted by Crippen LogP contribution is 2.25. The quantitative estimate of drug-likeness (QED) is 0.535. The van der Waals surface area contributed by atoms with Crippen LogP contribution in [0.4, 0.5) is 0 Å². The number of sulfonamides is 1. The van der Waals surface area contributed by atoms with Gasteiger partial charge in [0.1, 0.15) is 0 Å². The highest BCUT2D eigenvalue weighted by Gasteiger charge is 2.17. The second-order valence-corrected chi connectivity index (χ2v) is 13.7. The largest absolute Gasteiger partial charge is 0.253 e. The van der Waals surface area contributed by atoms with Crippen molar-refractivity contribution in [1.82, 2.24) is 9.44 Å². The van der Waals surface area contributed by atoms with Crippen LogP contribution in [0.15, 0.2) is 36.4 Å². The maximum Gasteiger partial charge on any atom is 0.213 e. The Morgan fingerprint density at radius 1 is 0.733 bits per heavy atom. The van der Waals surface area contributed by atoms with Crippen molar-refractivity contribution in [3.63, 3.8) is 0 Å². The fourth-order valence-corrected chi connectivity index (χ4v) is 4.65. The Hall–Kier alpha value is -1.41. The number of nitrogens with one attached hydrogen (secondary N) is 2. The Morgan fingerprint density at radius 2 is 1.17 bits per heavy atom. The van der Waals surface area contributed by atoms with Crippen molar-refractivity contribution in [2.45, 2.75) is 63.9 Å². The molecular weight excluding hydrogens is 416 g/mol. The number of rotatable bonds is 10. The van der Waals surface area contributed by atoms with Gasteiger partial charge >= 0.3 is 0 Å². The van der Waals surface area contributed by atoms with E-state index in [0.29, 0.717) is 13.1 Å². The zero-order chi connectivity index (χ0) is 22.7. The second-order valence-electron chi connectivity index (χ2n) is 8.73. The van der Waals surface area contributed by atoms with Crippen LogP contribution < -0.4 is 9.44 Å². The summed E-state index contributed by atoms with van der Waals surface area (Å²) in [5.41, 5.74) is 2.28. The molecule has 3 atom stereocenters. The molecule has 0 aliphatic rings. The molecule has 2 aromatic carbocycles. The summed E-state index contributed by atoms with van der Waals surface area (Å²) in [4.78, 5) is 0. The summed E-state index contributed by atoms with van der Waals surface area (Å²) in [5.74, 6) is 4.11. The van der Waals surface area contributed by atoms with E-state index in [1.807, 2.05) is 20.8 Å². The lowest BCUT2D eigenvalue weighted by atomic mass is 9.94. The lowest BCUT2D eigenvalue weighted by Crippen LogP contribution is -2.33. The molecule has 2 N–H and O–H groups in total. The van der Waals surface area contributed by atoms with Crippen LogP contribution in [0.25, 0.3) is 10.8 Å². The summed E-state index contributed by atoms with van der Waals surface area (Å²) in [6, 6.07) is 12.6. The van der Waals surface area contributed by atoms with Crippen LogP contribution in [0.1, 0.15) is 64.5 Å². The monoisotopic (exact) mass is 452 g/mol. The zero-order valence-corrected chi connectivity index (χ0v) is 20.6. The van der Waals surface area contributed by atoms with Crippen LogP contribution in [-0.2, 0) is 19.7 Å². The molecule has 0 aliphatic carbocycles. The van der Waals surface area contributed by atoms with Crippen LogP contribution >= 0.6 is 0 Å². The number of hydrogen-bond acceptors (Lipinski definition) is 3. The van der Waals surface area contributed by atoms with E-state index in [1.54, 1.807) is 13.8 Å². The van der Waals surface area contributed by atoms with Gasteiger partial charge < -0.3 is 0 Å². The van der Waals surface area contributed by atoms with Gasteiger partial charge in [0.25, 0.3) is 0 Å². The van der Waals surface area contributed by atoms with Gasteiger partial charge in [-0.2, -0.15) is 0 Å². The SMILES string of the molecule is C=S(=O)(NC[C@H](C)c1ccc2cc([C@@H](C)CNS(=O)(=O)C(C)C)ccc2c1)C(C)C. The molecule has 0 radical (unpaired) electrons. The van der Waals surface area contributed by atoms with Crippen molar-refractivity contribution < 1.29 is 12.6 Å². The maximum absolute atomic E-state index is 12.4. The van der Waals surface area contributed by atoms with Crippen LogP contribution in [0, 0.1) is 0 Å². The van der Waals surface area contributed by atoms with Crippen molar-refractivity contribution in [2.75, 3.05) is 13.1 Å². The van der Waals surface area contributed by atoms with Gasteiger partial charge in [0.2, 0.25) is 10.0 Å². The Bertz CT molecular complexity index is 988. The maximum atomic E-state index is 12.4. The summed E-state index contributed by atoms with van der Waals surface area (Å²) in [6.07, 6.45) is 0. The second kappa shape index (κ2) is 9.81. The molecule has 0 saturated carbocycles. The van der Waals surface area contributed by atoms with Crippen molar-refractivity contribution in [3.8, 4) is 0 Å². The standard InChI is InChI=1S/C23H36N2O3S2/c1-16(2)29(7,26)24-14-18(5)20-8-10-23-13-21(9-11-22(23)12-20)19(6)15-25-30(27,28)17(3)4/h8-13,16-19,25H,7,14-15H2,1-6H3,(H,24,26)/t18-,19-,29?/m0/s1. The lowest BCUT2D eigenvalue weighted by molar-refractivity contribution is 0.566. The molecule has 0 aromatic heterocycles. The first-order valence-corrected chi connectivity index (χ1v) is 13.8. The third-order valence-corrected chi connectivity index (χ3v) is 9.62. The van der Waals surface area contributed by atoms with Gasteiger partial charge in [0, 0.05) is 28.0 Å². The molecule has 1 unspecified atom stereocenters. The van der Waals surface area contributed by atoms with E-state index < -0.39 is 25.0 Å². The fraction of sp³-hybridized carbons (Fsp3) is 0.522. The predicted molar refractivity (Wildman–Crippen MR) is 131 cm³/mol. The summed E-state index contributed by atoms with van der Waals surface area (Å²) in [5, 5.41) is 1.82. The van der Waals surface area contributed by atoms with Gasteiger partial charge in [-0.25, -0.2) is 17.9 Å². The summed E-state index contributed by atoms with van der Waals surface area (Å²) >= 11 is 0. The van der Waals surface area contributed by atoms with Gasteiger partial charge in [0.05, 0.1) is 5.25 Å². The molecule has 2 rings (SSSR count). The Kier molecular flexibility index (Phi) is 8.13. The van der Waals surface area contributed by atoms with Crippen molar-refractivity contribution in [1.29, 1.82) is 0 Å². The first kappa shape index (κ1) is 24.9. The molecule has 5 nitrogen and oxygen atoms in total. The summed E-state index contributed by atoms with van der Waals surface area (Å²) < 4.78 is 42.2. The van der Waals surface area contributed by atoms with E-state index >= 15 is 0 Å². The Morgan fingerprint density at radius 3 is 1.57 bits per heavy atom. The molecular formula is C23H36N2O3S2. The van der Waals surface area contributed by atoms with Crippen LogP contribution in [0.5, 0.6) is 0 Å².